The van der Waals surface area contributed by atoms with Gasteiger partial charge in [-0.15, -0.1) is 0 Å². The summed E-state index contributed by atoms with van der Waals surface area (Å²) in [4.78, 5) is 44.9. The van der Waals surface area contributed by atoms with Gasteiger partial charge < -0.3 is 14.5 Å². The largest absolute Gasteiger partial charge is 0.444 e. The summed E-state index contributed by atoms with van der Waals surface area (Å²) in [6, 6.07) is -1.41. The first-order valence-corrected chi connectivity index (χ1v) is 9.38. The lowest BCUT2D eigenvalue weighted by molar-refractivity contribution is -0.146. The molecule has 2 bridgehead atoms. The first-order chi connectivity index (χ1) is 12.7. The number of urea groups is 1. The number of ether oxygens (including phenoxy) is 1. The lowest BCUT2D eigenvalue weighted by Gasteiger charge is -2.33. The van der Waals surface area contributed by atoms with Crippen molar-refractivity contribution in [2.75, 3.05) is 19.6 Å². The van der Waals surface area contributed by atoms with Crippen LogP contribution in [0.3, 0.4) is 0 Å². The van der Waals surface area contributed by atoms with Crippen molar-refractivity contribution < 1.29 is 29.2 Å². The molecule has 0 radical (unpaired) electrons. The Balaban J connectivity index is 1.42. The average Bonchev–Trinajstić information content (AvgIpc) is 2.83. The van der Waals surface area contributed by atoms with E-state index in [0.29, 0.717) is 50.4 Å². The van der Waals surface area contributed by atoms with E-state index in [4.69, 9.17) is 9.57 Å². The van der Waals surface area contributed by atoms with Crippen LogP contribution in [0.4, 0.5) is 9.59 Å². The predicted octanol–water partition coefficient (Wildman–Crippen LogP) is 1.09. The summed E-state index contributed by atoms with van der Waals surface area (Å²) >= 11 is 0. The normalized spacial score (nSPS) is 26.4. The van der Waals surface area contributed by atoms with Crippen LogP contribution in [0.2, 0.25) is 0 Å². The van der Waals surface area contributed by atoms with Crippen LogP contribution in [-0.4, -0.2) is 81.5 Å². The highest BCUT2D eigenvalue weighted by Gasteiger charge is 2.47. The first kappa shape index (κ1) is 19.7. The molecule has 0 aromatic carbocycles. The van der Waals surface area contributed by atoms with Crippen LogP contribution in [0.15, 0.2) is 0 Å². The van der Waals surface area contributed by atoms with E-state index >= 15 is 0 Å². The summed E-state index contributed by atoms with van der Waals surface area (Å²) in [6.07, 6.45) is 1.68. The van der Waals surface area contributed by atoms with E-state index in [1.807, 2.05) is 20.8 Å². The molecule has 0 unspecified atom stereocenters. The Morgan fingerprint density at radius 3 is 2.44 bits per heavy atom. The quantitative estimate of drug-likeness (QED) is 0.557. The summed E-state index contributed by atoms with van der Waals surface area (Å²) in [5.74, 6) is -0.383. The van der Waals surface area contributed by atoms with Gasteiger partial charge in [0.25, 0.3) is 5.91 Å². The molecule has 3 aliphatic heterocycles. The average molecular weight is 384 g/mol. The number of nitrogens with zero attached hydrogens (tertiary/aromatic N) is 3. The molecule has 3 fully saturated rings. The van der Waals surface area contributed by atoms with E-state index in [1.165, 1.54) is 4.90 Å². The highest BCUT2D eigenvalue weighted by molar-refractivity contribution is 5.87. The number of carbonyl (C=O) groups excluding carboxylic acids is 3. The summed E-state index contributed by atoms with van der Waals surface area (Å²) in [7, 11) is 0. The maximum Gasteiger partial charge on any atom is 0.410 e. The Kier molecular flexibility index (Phi) is 5.48. The van der Waals surface area contributed by atoms with Crippen molar-refractivity contribution in [2.45, 2.75) is 70.2 Å². The summed E-state index contributed by atoms with van der Waals surface area (Å²) < 4.78 is 5.35. The van der Waals surface area contributed by atoms with E-state index in [2.05, 4.69) is 5.48 Å². The van der Waals surface area contributed by atoms with Gasteiger partial charge in [0.15, 0.2) is 0 Å². The van der Waals surface area contributed by atoms with Gasteiger partial charge in [0.2, 0.25) is 0 Å². The number of hydrogen-bond donors (Lipinski definition) is 2. The Morgan fingerprint density at radius 2 is 1.81 bits per heavy atom. The second kappa shape index (κ2) is 7.51. The molecule has 27 heavy (non-hydrogen) atoms. The fourth-order valence-electron chi connectivity index (χ4n) is 3.62. The number of nitrogens with one attached hydrogen (secondary N) is 1. The van der Waals surface area contributed by atoms with Gasteiger partial charge in [-0.2, -0.15) is 0 Å². The third-order valence-electron chi connectivity index (χ3n) is 5.07. The van der Waals surface area contributed by atoms with Crippen LogP contribution in [-0.2, 0) is 14.4 Å². The lowest BCUT2D eigenvalue weighted by atomic mass is 10.0. The minimum atomic E-state index is -0.632. The van der Waals surface area contributed by atoms with Crippen LogP contribution in [0, 0.1) is 0 Å². The second-order valence-corrected chi connectivity index (χ2v) is 8.28. The van der Waals surface area contributed by atoms with E-state index in [0.717, 1.165) is 0 Å². The molecule has 2 atom stereocenters. The predicted molar refractivity (Wildman–Crippen MR) is 92.6 cm³/mol. The van der Waals surface area contributed by atoms with Crippen molar-refractivity contribution in [1.29, 1.82) is 0 Å². The number of rotatable bonds is 3. The SMILES string of the molecule is CC(C)(C)OC(=O)N1CCC(ONC(=O)[C@@H]2CC[C@@H]3CN2C(=O)N3O)CC1. The van der Waals surface area contributed by atoms with Crippen LogP contribution in [0.5, 0.6) is 0 Å². The van der Waals surface area contributed by atoms with Gasteiger partial charge in [0.1, 0.15) is 11.6 Å². The van der Waals surface area contributed by atoms with E-state index in [1.54, 1.807) is 4.90 Å². The van der Waals surface area contributed by atoms with E-state index in [9.17, 15) is 19.6 Å². The molecule has 4 amide bonds. The zero-order chi connectivity index (χ0) is 19.8. The minimum Gasteiger partial charge on any atom is -0.444 e. The highest BCUT2D eigenvalue weighted by atomic mass is 16.7. The topological polar surface area (TPSA) is 112 Å². The first-order valence-electron chi connectivity index (χ1n) is 9.38. The van der Waals surface area contributed by atoms with Crippen LogP contribution < -0.4 is 5.48 Å². The van der Waals surface area contributed by atoms with Gasteiger partial charge in [-0.25, -0.2) is 20.1 Å². The smallest absolute Gasteiger partial charge is 0.410 e. The van der Waals surface area contributed by atoms with Gasteiger partial charge in [-0.3, -0.25) is 14.8 Å². The molecule has 3 saturated heterocycles. The zero-order valence-corrected chi connectivity index (χ0v) is 16.0. The van der Waals surface area contributed by atoms with Crippen molar-refractivity contribution in [1.82, 2.24) is 20.3 Å². The number of hydroxylamine groups is 3. The monoisotopic (exact) mass is 384 g/mol. The Bertz CT molecular complexity index is 599. The number of fused-ring (bicyclic) bond motifs is 2. The Hall–Kier alpha value is -2.07. The zero-order valence-electron chi connectivity index (χ0n) is 16.0. The molecule has 3 aliphatic rings. The summed E-state index contributed by atoms with van der Waals surface area (Å²) in [5, 5.41) is 10.4. The number of amides is 4. The van der Waals surface area contributed by atoms with E-state index < -0.39 is 17.7 Å². The number of carbonyl (C=O) groups is 3. The molecule has 152 valence electrons. The molecule has 0 aromatic heterocycles. The van der Waals surface area contributed by atoms with Crippen LogP contribution in [0.1, 0.15) is 46.5 Å². The van der Waals surface area contributed by atoms with Crippen molar-refractivity contribution in [2.24, 2.45) is 0 Å². The third kappa shape index (κ3) is 4.44. The molecule has 2 N–H and O–H groups in total. The second-order valence-electron chi connectivity index (χ2n) is 8.28. The molecule has 0 aromatic rings. The molecule has 0 saturated carbocycles. The van der Waals surface area contributed by atoms with Crippen molar-refractivity contribution in [3.63, 3.8) is 0 Å². The molecule has 0 aliphatic carbocycles. The molecular formula is C17H28N4O6. The highest BCUT2D eigenvalue weighted by Crippen LogP contribution is 2.28. The maximum atomic E-state index is 12.4. The number of piperidine rings is 2. The molecule has 0 spiro atoms. The van der Waals surface area contributed by atoms with Crippen molar-refractivity contribution in [3.8, 4) is 0 Å². The third-order valence-corrected chi connectivity index (χ3v) is 5.07. The van der Waals surface area contributed by atoms with E-state index in [-0.39, 0.29) is 24.1 Å². The fraction of sp³-hybridized carbons (Fsp3) is 0.824. The van der Waals surface area contributed by atoms with Gasteiger partial charge in [0.05, 0.1) is 12.1 Å². The number of hydrogen-bond acceptors (Lipinski definition) is 6. The number of likely N-dealkylation sites (tertiary alicyclic amines) is 1. The molecule has 10 nitrogen and oxygen atoms in total. The van der Waals surface area contributed by atoms with Crippen LogP contribution >= 0.6 is 0 Å². The molecule has 3 heterocycles. The fourth-order valence-corrected chi connectivity index (χ4v) is 3.62. The summed E-state index contributed by atoms with van der Waals surface area (Å²) in [6.45, 7) is 6.80. The molecular weight excluding hydrogens is 356 g/mol. The minimum absolute atomic E-state index is 0.201. The molecule has 3 rings (SSSR count). The van der Waals surface area contributed by atoms with Gasteiger partial charge in [-0.05, 0) is 46.5 Å². The Labute approximate surface area is 158 Å². The van der Waals surface area contributed by atoms with Gasteiger partial charge in [0, 0.05) is 19.6 Å². The Morgan fingerprint density at radius 1 is 1.15 bits per heavy atom. The van der Waals surface area contributed by atoms with Gasteiger partial charge >= 0.3 is 12.1 Å². The maximum absolute atomic E-state index is 12.4. The van der Waals surface area contributed by atoms with Gasteiger partial charge in [-0.1, -0.05) is 0 Å². The van der Waals surface area contributed by atoms with Crippen LogP contribution in [0.25, 0.3) is 0 Å². The lowest BCUT2D eigenvalue weighted by Crippen LogP contribution is -2.51. The van der Waals surface area contributed by atoms with Crippen molar-refractivity contribution in [3.05, 3.63) is 0 Å². The standard InChI is InChI=1S/C17H28N4O6/c1-17(2,3)26-16(24)19-8-6-12(7-9-19)27-18-14(22)13-5-4-11-10-20(13)15(23)21(11)25/h11-13,25H,4-10H2,1-3H3,(H,18,22)/t11-,13+/m1/s1. The van der Waals surface area contributed by atoms with Crippen molar-refractivity contribution >= 4 is 18.0 Å². The summed E-state index contributed by atoms with van der Waals surface area (Å²) in [5.41, 5.74) is 1.92. The molecule has 10 heteroatoms.